The first-order valence-corrected chi connectivity index (χ1v) is 15.7. The summed E-state index contributed by atoms with van der Waals surface area (Å²) in [5, 5.41) is 11.5. The van der Waals surface area contributed by atoms with Gasteiger partial charge in [0, 0.05) is 43.4 Å². The molecule has 1 atom stereocenters. The van der Waals surface area contributed by atoms with Gasteiger partial charge in [0.2, 0.25) is 17.7 Å². The van der Waals surface area contributed by atoms with Crippen LogP contribution in [0.4, 0.5) is 0 Å². The van der Waals surface area contributed by atoms with Gasteiger partial charge in [0.05, 0.1) is 22.3 Å². The number of hydrogen-bond acceptors (Lipinski definition) is 6. The monoisotopic (exact) mass is 625 g/mol. The zero-order chi connectivity index (χ0) is 29.9. The average Bonchev–Trinajstić information content (AvgIpc) is 3.35. The van der Waals surface area contributed by atoms with Crippen LogP contribution in [0.15, 0.2) is 73.1 Å². The summed E-state index contributed by atoms with van der Waals surface area (Å²) in [6, 6.07) is 18.1. The highest BCUT2D eigenvalue weighted by Gasteiger charge is 2.23. The predicted molar refractivity (Wildman–Crippen MR) is 170 cm³/mol. The van der Waals surface area contributed by atoms with E-state index in [0.717, 1.165) is 34.6 Å². The van der Waals surface area contributed by atoms with Crippen molar-refractivity contribution in [2.75, 3.05) is 25.2 Å². The molecule has 0 saturated carbocycles. The van der Waals surface area contributed by atoms with Crippen LogP contribution in [0.5, 0.6) is 5.88 Å². The lowest BCUT2D eigenvalue weighted by molar-refractivity contribution is -0.128. The van der Waals surface area contributed by atoms with E-state index >= 15 is 0 Å². The molecular weight excluding hydrogens is 593 g/mol. The Bertz CT molecular complexity index is 1480. The number of benzene rings is 2. The van der Waals surface area contributed by atoms with Crippen LogP contribution in [-0.2, 0) is 22.4 Å². The quantitative estimate of drug-likeness (QED) is 0.172. The van der Waals surface area contributed by atoms with Crippen LogP contribution in [0.1, 0.15) is 24.5 Å². The van der Waals surface area contributed by atoms with Crippen molar-refractivity contribution in [3.8, 4) is 22.8 Å². The Labute approximate surface area is 260 Å². The third kappa shape index (κ3) is 8.50. The van der Waals surface area contributed by atoms with Gasteiger partial charge in [0.1, 0.15) is 11.7 Å². The topological polar surface area (TPSA) is 98.1 Å². The number of rotatable bonds is 14. The molecule has 0 aliphatic heterocycles. The Balaban J connectivity index is 1.50. The molecular formula is C31H33Cl2N5O3S. The van der Waals surface area contributed by atoms with E-state index in [1.807, 2.05) is 48.5 Å². The Kier molecular flexibility index (Phi) is 11.7. The highest BCUT2D eigenvalue weighted by Crippen LogP contribution is 2.35. The number of hydrogen-bond donors (Lipinski definition) is 2. The molecule has 0 bridgehead atoms. The van der Waals surface area contributed by atoms with Crippen LogP contribution in [0.3, 0.4) is 0 Å². The molecule has 4 rings (SSSR count). The Hall–Kier alpha value is -3.53. The SMILES string of the molecule is CSCCc1c(-c2cccnc2)nn(-c2ccc(Cl)c(Cl)c2)c1OCCCNC(=O)[C@H](Cc1ccccc1)NC(C)=O. The first-order chi connectivity index (χ1) is 20.4. The summed E-state index contributed by atoms with van der Waals surface area (Å²) in [4.78, 5) is 29.0. The van der Waals surface area contributed by atoms with Gasteiger partial charge < -0.3 is 15.4 Å². The number of pyridine rings is 1. The molecule has 0 unspecified atom stereocenters. The Morgan fingerprint density at radius 1 is 1.07 bits per heavy atom. The minimum atomic E-state index is -0.665. The van der Waals surface area contributed by atoms with Crippen molar-refractivity contribution < 1.29 is 14.3 Å². The Morgan fingerprint density at radius 2 is 1.88 bits per heavy atom. The smallest absolute Gasteiger partial charge is 0.242 e. The maximum Gasteiger partial charge on any atom is 0.242 e. The fourth-order valence-electron chi connectivity index (χ4n) is 4.42. The molecule has 220 valence electrons. The number of nitrogens with one attached hydrogen (secondary N) is 2. The number of amides is 2. The fraction of sp³-hybridized carbons (Fsp3) is 0.290. The van der Waals surface area contributed by atoms with Crippen LogP contribution in [0.2, 0.25) is 10.0 Å². The van der Waals surface area contributed by atoms with Crippen molar-refractivity contribution >= 4 is 46.8 Å². The maximum atomic E-state index is 12.9. The standard InChI is InChI=1S/C31H33Cl2N5O3S/c1-21(39)36-28(18-22-8-4-3-5-9-22)30(40)35-15-7-16-41-31-25(13-17-42-2)29(23-10-6-14-34-20-23)37-38(31)24-11-12-26(32)27(33)19-24/h3-6,8-12,14,19-20,28H,7,13,15-18H2,1-2H3,(H,35,40)(H,36,39)/t28-/m0/s1. The molecule has 8 nitrogen and oxygen atoms in total. The zero-order valence-electron chi connectivity index (χ0n) is 23.5. The van der Waals surface area contributed by atoms with Gasteiger partial charge >= 0.3 is 0 Å². The largest absolute Gasteiger partial charge is 0.477 e. The third-order valence-electron chi connectivity index (χ3n) is 6.41. The fourth-order valence-corrected chi connectivity index (χ4v) is 5.12. The molecule has 0 spiro atoms. The molecule has 0 aliphatic rings. The number of carbonyl (C=O) groups excluding carboxylic acids is 2. The van der Waals surface area contributed by atoms with Crippen molar-refractivity contribution in [1.82, 2.24) is 25.4 Å². The number of nitrogens with zero attached hydrogens (tertiary/aromatic N) is 3. The third-order valence-corrected chi connectivity index (χ3v) is 7.76. The van der Waals surface area contributed by atoms with E-state index in [0.29, 0.717) is 47.6 Å². The molecule has 0 aliphatic carbocycles. The second kappa shape index (κ2) is 15.6. The molecule has 2 aromatic heterocycles. The highest BCUT2D eigenvalue weighted by atomic mass is 35.5. The van der Waals surface area contributed by atoms with Gasteiger partial charge in [-0.25, -0.2) is 4.68 Å². The summed E-state index contributed by atoms with van der Waals surface area (Å²) >= 11 is 14.3. The summed E-state index contributed by atoms with van der Waals surface area (Å²) < 4.78 is 8.11. The maximum absolute atomic E-state index is 12.9. The van der Waals surface area contributed by atoms with E-state index in [2.05, 4.69) is 21.9 Å². The van der Waals surface area contributed by atoms with Gasteiger partial charge in [0.25, 0.3) is 0 Å². The van der Waals surface area contributed by atoms with Gasteiger partial charge in [-0.3, -0.25) is 14.6 Å². The number of thioether (sulfide) groups is 1. The number of ether oxygens (including phenoxy) is 1. The van der Waals surface area contributed by atoms with Crippen LogP contribution >= 0.6 is 35.0 Å². The van der Waals surface area contributed by atoms with Crippen molar-refractivity contribution in [2.45, 2.75) is 32.2 Å². The molecule has 2 amide bonds. The lowest BCUT2D eigenvalue weighted by Gasteiger charge is -2.18. The van der Waals surface area contributed by atoms with E-state index < -0.39 is 6.04 Å². The van der Waals surface area contributed by atoms with Crippen LogP contribution in [0, 0.1) is 0 Å². The van der Waals surface area contributed by atoms with E-state index in [4.69, 9.17) is 33.0 Å². The number of halogens is 2. The van der Waals surface area contributed by atoms with Crippen molar-refractivity contribution in [1.29, 1.82) is 0 Å². The van der Waals surface area contributed by atoms with Gasteiger partial charge in [0.15, 0.2) is 0 Å². The summed E-state index contributed by atoms with van der Waals surface area (Å²) in [7, 11) is 0. The van der Waals surface area contributed by atoms with Gasteiger partial charge in [-0.2, -0.15) is 16.9 Å². The molecule has 0 saturated heterocycles. The van der Waals surface area contributed by atoms with Crippen molar-refractivity contribution in [2.24, 2.45) is 0 Å². The van der Waals surface area contributed by atoms with Gasteiger partial charge in [-0.15, -0.1) is 0 Å². The van der Waals surface area contributed by atoms with Crippen LogP contribution in [-0.4, -0.2) is 57.8 Å². The second-order valence-corrected chi connectivity index (χ2v) is 11.4. The number of aromatic nitrogens is 3. The summed E-state index contributed by atoms with van der Waals surface area (Å²) in [6.45, 7) is 2.11. The minimum absolute atomic E-state index is 0.241. The van der Waals surface area contributed by atoms with Gasteiger partial charge in [-0.05, 0) is 60.7 Å². The first kappa shape index (κ1) is 31.4. The molecule has 2 N–H and O–H groups in total. The highest BCUT2D eigenvalue weighted by molar-refractivity contribution is 7.98. The number of carbonyl (C=O) groups is 2. The molecule has 11 heteroatoms. The van der Waals surface area contributed by atoms with E-state index in [1.54, 1.807) is 41.0 Å². The molecule has 42 heavy (non-hydrogen) atoms. The summed E-state index contributed by atoms with van der Waals surface area (Å²) in [5.74, 6) is 0.980. The lowest BCUT2D eigenvalue weighted by Crippen LogP contribution is -2.47. The van der Waals surface area contributed by atoms with Gasteiger partial charge in [-0.1, -0.05) is 53.5 Å². The summed E-state index contributed by atoms with van der Waals surface area (Å²) in [6.07, 6.45) is 7.24. The Morgan fingerprint density at radius 3 is 2.57 bits per heavy atom. The second-order valence-electron chi connectivity index (χ2n) is 9.56. The summed E-state index contributed by atoms with van der Waals surface area (Å²) in [5.41, 5.74) is 4.30. The molecule has 4 aromatic rings. The zero-order valence-corrected chi connectivity index (χ0v) is 25.8. The molecule has 2 heterocycles. The van der Waals surface area contributed by atoms with Crippen LogP contribution < -0.4 is 15.4 Å². The van der Waals surface area contributed by atoms with E-state index in [1.165, 1.54) is 6.92 Å². The minimum Gasteiger partial charge on any atom is -0.477 e. The average molecular weight is 627 g/mol. The lowest BCUT2D eigenvalue weighted by atomic mass is 10.1. The van der Waals surface area contributed by atoms with Crippen molar-refractivity contribution in [3.05, 3.63) is 94.2 Å². The predicted octanol–water partition coefficient (Wildman–Crippen LogP) is 5.78. The van der Waals surface area contributed by atoms with Crippen LogP contribution in [0.25, 0.3) is 16.9 Å². The van der Waals surface area contributed by atoms with E-state index in [-0.39, 0.29) is 11.8 Å². The molecule has 2 aromatic carbocycles. The normalized spacial score (nSPS) is 11.6. The molecule has 0 fully saturated rings. The first-order valence-electron chi connectivity index (χ1n) is 13.6. The van der Waals surface area contributed by atoms with E-state index in [9.17, 15) is 9.59 Å². The molecule has 0 radical (unpaired) electrons. The van der Waals surface area contributed by atoms with Crippen molar-refractivity contribution in [3.63, 3.8) is 0 Å².